The number of rotatable bonds is 5. The van der Waals surface area contributed by atoms with E-state index in [1.807, 2.05) is 13.0 Å². The second kappa shape index (κ2) is 8.90. The molecular formula is C18H23ClFN3O2S. The highest BCUT2D eigenvalue weighted by Gasteiger charge is 2.39. The summed E-state index contributed by atoms with van der Waals surface area (Å²) in [5.74, 6) is -0.338. The number of halogens is 2. The van der Waals surface area contributed by atoms with Crippen LogP contribution in [0.25, 0.3) is 0 Å². The normalized spacial score (nSPS) is 16.0. The van der Waals surface area contributed by atoms with Crippen LogP contribution in [-0.2, 0) is 16.0 Å². The smallest absolute Gasteiger partial charge is 0.233 e. The predicted molar refractivity (Wildman–Crippen MR) is 103 cm³/mol. The Hall–Kier alpha value is -1.54. The van der Waals surface area contributed by atoms with Crippen LogP contribution >= 0.6 is 23.7 Å². The molecule has 1 aromatic heterocycles. The summed E-state index contributed by atoms with van der Waals surface area (Å²) in [5, 5.41) is 3.44. The van der Waals surface area contributed by atoms with Crippen LogP contribution in [0.15, 0.2) is 24.3 Å². The van der Waals surface area contributed by atoms with Crippen LogP contribution in [0.4, 0.5) is 9.52 Å². The Labute approximate surface area is 162 Å². The van der Waals surface area contributed by atoms with Crippen molar-refractivity contribution in [2.75, 3.05) is 25.1 Å². The van der Waals surface area contributed by atoms with Crippen LogP contribution in [0.1, 0.15) is 29.0 Å². The van der Waals surface area contributed by atoms with Crippen LogP contribution < -0.4 is 11.1 Å². The molecular weight excluding hydrogens is 377 g/mol. The molecule has 1 aliphatic heterocycles. The molecule has 1 saturated heterocycles. The van der Waals surface area contributed by atoms with Gasteiger partial charge in [0, 0.05) is 31.1 Å². The van der Waals surface area contributed by atoms with E-state index in [1.54, 1.807) is 12.1 Å². The standard InChI is InChI=1S/C18H22FN3O2S.ClH/c1-12-15(10-13-4-2-3-5-14(13)19)25-17(21-12)22-16(23)18(11-20)6-8-24-9-7-18;/h2-5H,6-11,20H2,1H3,(H,21,22,23);1H. The summed E-state index contributed by atoms with van der Waals surface area (Å²) in [5.41, 5.74) is 6.70. The van der Waals surface area contributed by atoms with Gasteiger partial charge in [-0.1, -0.05) is 18.2 Å². The van der Waals surface area contributed by atoms with Gasteiger partial charge in [-0.3, -0.25) is 4.79 Å². The maximum absolute atomic E-state index is 13.9. The van der Waals surface area contributed by atoms with Crippen molar-refractivity contribution in [1.29, 1.82) is 0 Å². The van der Waals surface area contributed by atoms with E-state index < -0.39 is 5.41 Å². The molecule has 0 atom stereocenters. The average Bonchev–Trinajstić information content (AvgIpc) is 2.96. The molecule has 2 aromatic rings. The van der Waals surface area contributed by atoms with E-state index in [0.717, 1.165) is 10.6 Å². The molecule has 0 radical (unpaired) electrons. The number of nitrogens with two attached hydrogens (primary N) is 1. The first-order valence-electron chi connectivity index (χ1n) is 8.33. The minimum absolute atomic E-state index is 0. The summed E-state index contributed by atoms with van der Waals surface area (Å²) in [6.45, 7) is 3.24. The summed E-state index contributed by atoms with van der Waals surface area (Å²) in [7, 11) is 0. The number of aromatic nitrogens is 1. The number of carbonyl (C=O) groups is 1. The van der Waals surface area contributed by atoms with Crippen LogP contribution in [0.3, 0.4) is 0 Å². The molecule has 0 unspecified atom stereocenters. The monoisotopic (exact) mass is 399 g/mol. The molecule has 26 heavy (non-hydrogen) atoms. The predicted octanol–water partition coefficient (Wildman–Crippen LogP) is 3.30. The maximum Gasteiger partial charge on any atom is 0.233 e. The summed E-state index contributed by atoms with van der Waals surface area (Å²) in [6, 6.07) is 6.69. The molecule has 1 aromatic carbocycles. The number of benzene rings is 1. The first-order chi connectivity index (χ1) is 12.0. The molecule has 2 heterocycles. The second-order valence-corrected chi connectivity index (χ2v) is 7.43. The number of carbonyl (C=O) groups excluding carboxylic acids is 1. The van der Waals surface area contributed by atoms with E-state index in [9.17, 15) is 9.18 Å². The highest BCUT2D eigenvalue weighted by molar-refractivity contribution is 7.15. The molecule has 3 N–H and O–H groups in total. The lowest BCUT2D eigenvalue weighted by Crippen LogP contribution is -2.46. The molecule has 1 amide bonds. The molecule has 3 rings (SSSR count). The summed E-state index contributed by atoms with van der Waals surface area (Å²) >= 11 is 1.38. The third-order valence-electron chi connectivity index (χ3n) is 4.74. The highest BCUT2D eigenvalue weighted by Crippen LogP contribution is 2.32. The number of aryl methyl sites for hydroxylation is 1. The molecule has 142 valence electrons. The van der Waals surface area contributed by atoms with Crippen molar-refractivity contribution in [2.45, 2.75) is 26.2 Å². The number of ether oxygens (including phenoxy) is 1. The largest absolute Gasteiger partial charge is 0.381 e. The van der Waals surface area contributed by atoms with Gasteiger partial charge in [0.2, 0.25) is 5.91 Å². The number of hydrogen-bond donors (Lipinski definition) is 2. The van der Waals surface area contributed by atoms with E-state index >= 15 is 0 Å². The third-order valence-corrected chi connectivity index (χ3v) is 5.82. The Morgan fingerprint density at radius 2 is 2.08 bits per heavy atom. The zero-order valence-electron chi connectivity index (χ0n) is 14.6. The van der Waals surface area contributed by atoms with E-state index in [1.165, 1.54) is 17.4 Å². The fourth-order valence-electron chi connectivity index (χ4n) is 2.98. The van der Waals surface area contributed by atoms with Crippen molar-refractivity contribution in [3.05, 3.63) is 46.2 Å². The quantitative estimate of drug-likeness (QED) is 0.808. The minimum Gasteiger partial charge on any atom is -0.381 e. The first-order valence-corrected chi connectivity index (χ1v) is 9.15. The third kappa shape index (κ3) is 4.40. The van der Waals surface area contributed by atoms with E-state index in [2.05, 4.69) is 10.3 Å². The van der Waals surface area contributed by atoms with Crippen molar-refractivity contribution < 1.29 is 13.9 Å². The van der Waals surface area contributed by atoms with Crippen LogP contribution in [0.5, 0.6) is 0 Å². The Morgan fingerprint density at radius 3 is 2.73 bits per heavy atom. The van der Waals surface area contributed by atoms with Crippen molar-refractivity contribution in [3.63, 3.8) is 0 Å². The molecule has 5 nitrogen and oxygen atoms in total. The number of amides is 1. The first kappa shape index (κ1) is 20.8. The number of hydrogen-bond acceptors (Lipinski definition) is 5. The zero-order chi connectivity index (χ0) is 17.9. The molecule has 0 aliphatic carbocycles. The van der Waals surface area contributed by atoms with Gasteiger partial charge < -0.3 is 15.8 Å². The number of anilines is 1. The number of nitrogens with one attached hydrogen (secondary N) is 1. The summed E-state index contributed by atoms with van der Waals surface area (Å²) in [4.78, 5) is 18.1. The molecule has 1 fully saturated rings. The minimum atomic E-state index is -0.594. The van der Waals surface area contributed by atoms with Crippen molar-refractivity contribution >= 4 is 34.8 Å². The van der Waals surface area contributed by atoms with Gasteiger partial charge in [0.05, 0.1) is 11.1 Å². The van der Waals surface area contributed by atoms with Gasteiger partial charge in [0.15, 0.2) is 5.13 Å². The Balaban J connectivity index is 0.00000243. The van der Waals surface area contributed by atoms with Crippen molar-refractivity contribution in [2.24, 2.45) is 11.1 Å². The Bertz CT molecular complexity index is 763. The lowest BCUT2D eigenvalue weighted by Gasteiger charge is -2.34. The van der Waals surface area contributed by atoms with Gasteiger partial charge in [-0.15, -0.1) is 23.7 Å². The van der Waals surface area contributed by atoms with Gasteiger partial charge in [-0.05, 0) is 31.4 Å². The fraction of sp³-hybridized carbons (Fsp3) is 0.444. The van der Waals surface area contributed by atoms with Gasteiger partial charge in [0.1, 0.15) is 5.82 Å². The molecule has 0 saturated carbocycles. The van der Waals surface area contributed by atoms with Crippen LogP contribution in [-0.4, -0.2) is 30.6 Å². The number of thiazole rings is 1. The van der Waals surface area contributed by atoms with Crippen molar-refractivity contribution in [3.8, 4) is 0 Å². The van der Waals surface area contributed by atoms with Crippen molar-refractivity contribution in [1.82, 2.24) is 4.98 Å². The van der Waals surface area contributed by atoms with E-state index in [4.69, 9.17) is 10.5 Å². The van der Waals surface area contributed by atoms with Crippen LogP contribution in [0, 0.1) is 18.2 Å². The summed E-state index contributed by atoms with van der Waals surface area (Å²) in [6.07, 6.45) is 1.69. The number of nitrogens with zero attached hydrogens (tertiary/aromatic N) is 1. The maximum atomic E-state index is 13.9. The Kier molecular flexibility index (Phi) is 7.11. The van der Waals surface area contributed by atoms with Gasteiger partial charge in [-0.25, -0.2) is 9.37 Å². The molecule has 0 bridgehead atoms. The molecule has 0 spiro atoms. The van der Waals surface area contributed by atoms with Gasteiger partial charge >= 0.3 is 0 Å². The van der Waals surface area contributed by atoms with E-state index in [0.29, 0.717) is 43.2 Å². The summed E-state index contributed by atoms with van der Waals surface area (Å²) < 4.78 is 19.2. The lowest BCUT2D eigenvalue weighted by atomic mass is 9.79. The highest BCUT2D eigenvalue weighted by atomic mass is 35.5. The SMILES string of the molecule is Cc1nc(NC(=O)C2(CN)CCOCC2)sc1Cc1ccccc1F.Cl. The topological polar surface area (TPSA) is 77.2 Å². The molecule has 1 aliphatic rings. The van der Waals surface area contributed by atoms with Gasteiger partial charge in [-0.2, -0.15) is 0 Å². The molecule has 8 heteroatoms. The average molecular weight is 400 g/mol. The van der Waals surface area contributed by atoms with E-state index in [-0.39, 0.29) is 30.7 Å². The Morgan fingerprint density at radius 1 is 1.38 bits per heavy atom. The van der Waals surface area contributed by atoms with Gasteiger partial charge in [0.25, 0.3) is 0 Å². The zero-order valence-corrected chi connectivity index (χ0v) is 16.2. The second-order valence-electron chi connectivity index (χ2n) is 6.35. The lowest BCUT2D eigenvalue weighted by molar-refractivity contribution is -0.130. The fourth-order valence-corrected chi connectivity index (χ4v) is 3.96. The van der Waals surface area contributed by atoms with Crippen LogP contribution in [0.2, 0.25) is 0 Å².